The average Bonchev–Trinajstić information content (AvgIpc) is 2.80. The second-order valence-corrected chi connectivity index (χ2v) is 7.15. The van der Waals surface area contributed by atoms with E-state index in [9.17, 15) is 0 Å². The molecule has 0 spiro atoms. The minimum atomic E-state index is 0. The Morgan fingerprint density at radius 2 is 2.04 bits per heavy atom. The molecule has 0 amide bonds. The highest BCUT2D eigenvalue weighted by Crippen LogP contribution is 2.43. The smallest absolute Gasteiger partial charge is 0.0545 e. The van der Waals surface area contributed by atoms with Gasteiger partial charge in [-0.2, -0.15) is 0 Å². The Balaban J connectivity index is 0.00000192. The monoisotopic (exact) mass is 348 g/mol. The maximum absolute atomic E-state index is 6.54. The lowest BCUT2D eigenvalue weighted by molar-refractivity contribution is 0.709. The Labute approximate surface area is 149 Å². The molecule has 1 aliphatic heterocycles. The molecule has 1 atom stereocenters. The summed E-state index contributed by atoms with van der Waals surface area (Å²) in [5.41, 5.74) is 4.00. The van der Waals surface area contributed by atoms with E-state index >= 15 is 0 Å². The molecule has 4 heteroatoms. The van der Waals surface area contributed by atoms with Crippen LogP contribution in [-0.4, -0.2) is 18.1 Å². The minimum absolute atomic E-state index is 0. The van der Waals surface area contributed by atoms with Crippen molar-refractivity contribution in [3.05, 3.63) is 58.4 Å². The average molecular weight is 349 g/mol. The fourth-order valence-electron chi connectivity index (χ4n) is 2.90. The molecule has 0 radical (unpaired) electrons. The van der Waals surface area contributed by atoms with E-state index in [1.165, 1.54) is 16.0 Å². The molecule has 2 aromatic rings. The van der Waals surface area contributed by atoms with Crippen LogP contribution >= 0.6 is 23.4 Å². The molecule has 0 aliphatic carbocycles. The van der Waals surface area contributed by atoms with Gasteiger partial charge in [0.25, 0.3) is 0 Å². The predicted octanol–water partition coefficient (Wildman–Crippen LogP) is 5.30. The first-order valence-corrected chi connectivity index (χ1v) is 9.14. The molecule has 1 aromatic carbocycles. The van der Waals surface area contributed by atoms with Crippen molar-refractivity contribution in [1.82, 2.24) is 10.3 Å². The zero-order valence-corrected chi connectivity index (χ0v) is 14.4. The maximum atomic E-state index is 6.54. The third-order valence-corrected chi connectivity index (χ3v) is 6.07. The number of fused-ring (bicyclic) bond motifs is 1. The topological polar surface area (TPSA) is 24.9 Å². The van der Waals surface area contributed by atoms with E-state index in [4.69, 9.17) is 11.6 Å². The molecule has 0 fully saturated rings. The zero-order valence-electron chi connectivity index (χ0n) is 12.8. The van der Waals surface area contributed by atoms with Gasteiger partial charge < -0.3 is 5.32 Å². The summed E-state index contributed by atoms with van der Waals surface area (Å²) in [4.78, 5) is 5.78. The summed E-state index contributed by atoms with van der Waals surface area (Å²) in [7, 11) is 0. The van der Waals surface area contributed by atoms with Crippen LogP contribution in [0, 0.1) is 0 Å². The van der Waals surface area contributed by atoms with Gasteiger partial charge in [-0.05, 0) is 61.7 Å². The molecular weight excluding hydrogens is 324 g/mol. The first-order chi connectivity index (χ1) is 10.8. The van der Waals surface area contributed by atoms with Crippen molar-refractivity contribution < 1.29 is 0 Å². The number of nitrogens with zero attached hydrogens (tertiary/aromatic N) is 1. The van der Waals surface area contributed by atoms with Crippen LogP contribution in [-0.2, 0) is 12.8 Å². The molecule has 0 bridgehead atoms. The van der Waals surface area contributed by atoms with Crippen LogP contribution in [0.1, 0.15) is 42.8 Å². The number of halogens is 1. The summed E-state index contributed by atoms with van der Waals surface area (Å²) in [5.74, 6) is 0. The third kappa shape index (κ3) is 4.28. The Morgan fingerprint density at radius 3 is 2.78 bits per heavy atom. The van der Waals surface area contributed by atoms with E-state index in [-0.39, 0.29) is 7.43 Å². The summed E-state index contributed by atoms with van der Waals surface area (Å²) in [6.07, 6.45) is 5.05. The van der Waals surface area contributed by atoms with Gasteiger partial charge in [-0.25, -0.2) is 0 Å². The summed E-state index contributed by atoms with van der Waals surface area (Å²) >= 11 is 8.41. The highest BCUT2D eigenvalue weighted by Gasteiger charge is 2.20. The summed E-state index contributed by atoms with van der Waals surface area (Å²) in [6.45, 7) is 4.29. The first-order valence-electron chi connectivity index (χ1n) is 7.88. The van der Waals surface area contributed by atoms with Gasteiger partial charge in [0.2, 0.25) is 0 Å². The molecule has 2 heterocycles. The second kappa shape index (κ2) is 8.72. The Bertz CT molecular complexity index is 631. The number of benzene rings is 1. The summed E-state index contributed by atoms with van der Waals surface area (Å²) in [5, 5.41) is 4.70. The minimum Gasteiger partial charge on any atom is -0.316 e. The van der Waals surface area contributed by atoms with Gasteiger partial charge in [-0.3, -0.25) is 4.98 Å². The van der Waals surface area contributed by atoms with E-state index in [1.807, 2.05) is 24.0 Å². The molecule has 0 saturated carbocycles. The molecule has 1 N–H and O–H groups in total. The number of pyridine rings is 1. The van der Waals surface area contributed by atoms with Gasteiger partial charge in [0, 0.05) is 11.1 Å². The van der Waals surface area contributed by atoms with Gasteiger partial charge in [-0.1, -0.05) is 38.1 Å². The van der Waals surface area contributed by atoms with Crippen LogP contribution in [0.25, 0.3) is 0 Å². The van der Waals surface area contributed by atoms with Crippen LogP contribution in [0.5, 0.6) is 0 Å². The van der Waals surface area contributed by atoms with E-state index in [2.05, 4.69) is 41.5 Å². The van der Waals surface area contributed by atoms with Gasteiger partial charge >= 0.3 is 0 Å². The SMILES string of the molecule is C.CCC(Sc1c(Cl)ccc2c1CCNCC2)c1ccccn1. The van der Waals surface area contributed by atoms with E-state index in [1.54, 1.807) is 0 Å². The zero-order chi connectivity index (χ0) is 15.4. The van der Waals surface area contributed by atoms with E-state index < -0.39 is 0 Å². The standard InChI is InChI=1S/C18H21ClN2S.CH4/c1-2-17(16-5-3-4-10-21-16)22-18-14-9-12-20-11-8-13(14)6-7-15(18)19;/h3-7,10,17,20H,2,8-9,11-12H2,1H3;1H4. The lowest BCUT2D eigenvalue weighted by atomic mass is 10.0. The lowest BCUT2D eigenvalue weighted by Crippen LogP contribution is -2.16. The number of hydrogen-bond acceptors (Lipinski definition) is 3. The van der Waals surface area contributed by atoms with Crippen molar-refractivity contribution in [2.45, 2.75) is 43.8 Å². The van der Waals surface area contributed by atoms with Crippen molar-refractivity contribution in [2.24, 2.45) is 0 Å². The molecule has 1 aromatic heterocycles. The van der Waals surface area contributed by atoms with Crippen LogP contribution in [0.15, 0.2) is 41.4 Å². The lowest BCUT2D eigenvalue weighted by Gasteiger charge is -2.19. The van der Waals surface area contributed by atoms with Gasteiger partial charge in [0.05, 0.1) is 16.0 Å². The van der Waals surface area contributed by atoms with Crippen molar-refractivity contribution in [3.8, 4) is 0 Å². The van der Waals surface area contributed by atoms with Crippen molar-refractivity contribution in [3.63, 3.8) is 0 Å². The molecule has 23 heavy (non-hydrogen) atoms. The molecular formula is C19H25ClN2S. The molecule has 0 saturated heterocycles. The summed E-state index contributed by atoms with van der Waals surface area (Å²) in [6, 6.07) is 10.4. The highest BCUT2D eigenvalue weighted by atomic mass is 35.5. The number of hydrogen-bond donors (Lipinski definition) is 1. The van der Waals surface area contributed by atoms with Gasteiger partial charge in [0.15, 0.2) is 0 Å². The van der Waals surface area contributed by atoms with Crippen molar-refractivity contribution >= 4 is 23.4 Å². The van der Waals surface area contributed by atoms with Crippen molar-refractivity contribution in [2.75, 3.05) is 13.1 Å². The predicted molar refractivity (Wildman–Crippen MR) is 102 cm³/mol. The number of thioether (sulfide) groups is 1. The summed E-state index contributed by atoms with van der Waals surface area (Å²) < 4.78 is 0. The van der Waals surface area contributed by atoms with Crippen LogP contribution in [0.4, 0.5) is 0 Å². The molecule has 1 aliphatic rings. The molecule has 3 rings (SSSR count). The third-order valence-electron chi connectivity index (χ3n) is 4.08. The Kier molecular flexibility index (Phi) is 6.94. The second-order valence-electron chi connectivity index (χ2n) is 5.53. The maximum Gasteiger partial charge on any atom is 0.0545 e. The number of nitrogens with one attached hydrogen (secondary N) is 1. The number of aromatic nitrogens is 1. The van der Waals surface area contributed by atoms with Crippen LogP contribution in [0.3, 0.4) is 0 Å². The highest BCUT2D eigenvalue weighted by molar-refractivity contribution is 7.99. The molecule has 1 unspecified atom stereocenters. The van der Waals surface area contributed by atoms with E-state index in [0.717, 1.165) is 43.1 Å². The quantitative estimate of drug-likeness (QED) is 0.758. The van der Waals surface area contributed by atoms with E-state index in [0.29, 0.717) is 5.25 Å². The fourth-order valence-corrected chi connectivity index (χ4v) is 4.48. The fraction of sp³-hybridized carbons (Fsp3) is 0.421. The van der Waals surface area contributed by atoms with Crippen molar-refractivity contribution in [1.29, 1.82) is 0 Å². The largest absolute Gasteiger partial charge is 0.316 e. The first kappa shape index (κ1) is 18.3. The number of rotatable bonds is 4. The Hall–Kier alpha value is -1.03. The molecule has 2 nitrogen and oxygen atoms in total. The van der Waals surface area contributed by atoms with Gasteiger partial charge in [0.1, 0.15) is 0 Å². The normalized spacial score (nSPS) is 15.2. The van der Waals surface area contributed by atoms with Crippen LogP contribution < -0.4 is 5.32 Å². The Morgan fingerprint density at radius 1 is 1.22 bits per heavy atom. The van der Waals surface area contributed by atoms with Gasteiger partial charge in [-0.15, -0.1) is 11.8 Å². The molecule has 124 valence electrons. The van der Waals surface area contributed by atoms with Crippen LogP contribution in [0.2, 0.25) is 5.02 Å².